The molecule has 2 heterocycles. The van der Waals surface area contributed by atoms with Crippen LogP contribution in [-0.4, -0.2) is 10.2 Å². The first-order valence-corrected chi connectivity index (χ1v) is 6.03. The molecule has 0 aromatic carbocycles. The summed E-state index contributed by atoms with van der Waals surface area (Å²) in [6, 6.07) is 6.28. The predicted octanol–water partition coefficient (Wildman–Crippen LogP) is 1.68. The van der Waals surface area contributed by atoms with Gasteiger partial charge in [0.05, 0.1) is 6.20 Å². The second-order valence-electron chi connectivity index (χ2n) is 3.51. The van der Waals surface area contributed by atoms with Gasteiger partial charge in [-0.25, -0.2) is 0 Å². The molecule has 2 aromatic rings. The van der Waals surface area contributed by atoms with E-state index >= 15 is 0 Å². The minimum absolute atomic E-state index is 0.137. The van der Waals surface area contributed by atoms with E-state index < -0.39 is 0 Å². The molecule has 0 amide bonds. The highest BCUT2D eigenvalue weighted by Crippen LogP contribution is 2.19. The zero-order valence-corrected chi connectivity index (χ0v) is 9.65. The fourth-order valence-electron chi connectivity index (χ4n) is 1.59. The summed E-state index contributed by atoms with van der Waals surface area (Å²) in [6.07, 6.45) is 5.42. The second-order valence-corrected chi connectivity index (χ2v) is 4.55. The topological polar surface area (TPSA) is 63.8 Å². The maximum Gasteiger partial charge on any atom is 0.0544 e. The van der Waals surface area contributed by atoms with Gasteiger partial charge in [0.2, 0.25) is 0 Å². The average Bonchev–Trinajstić information content (AvgIpc) is 2.84. The Morgan fingerprint density at radius 2 is 2.31 bits per heavy atom. The highest BCUT2D eigenvalue weighted by molar-refractivity contribution is 7.09. The first-order valence-electron chi connectivity index (χ1n) is 5.15. The molecule has 0 aliphatic rings. The summed E-state index contributed by atoms with van der Waals surface area (Å²) in [5.74, 6) is 5.55. The Balaban J connectivity index is 1.96. The molecule has 0 aliphatic heterocycles. The van der Waals surface area contributed by atoms with Crippen LogP contribution in [-0.2, 0) is 6.42 Å². The average molecular weight is 234 g/mol. The monoisotopic (exact) mass is 234 g/mol. The number of nitrogens with zero attached hydrogens (tertiary/aromatic N) is 2. The van der Waals surface area contributed by atoms with Gasteiger partial charge in [0.15, 0.2) is 0 Å². The number of hydrazine groups is 1. The lowest BCUT2D eigenvalue weighted by molar-refractivity contribution is 0.515. The van der Waals surface area contributed by atoms with Crippen molar-refractivity contribution in [2.75, 3.05) is 0 Å². The van der Waals surface area contributed by atoms with Gasteiger partial charge < -0.3 is 0 Å². The number of nitrogens with one attached hydrogen (secondary N) is 1. The van der Waals surface area contributed by atoms with Gasteiger partial charge in [0.1, 0.15) is 0 Å². The first-order chi connectivity index (χ1) is 7.90. The van der Waals surface area contributed by atoms with E-state index in [1.54, 1.807) is 23.7 Å². The zero-order valence-electron chi connectivity index (χ0n) is 8.84. The van der Waals surface area contributed by atoms with Crippen molar-refractivity contribution >= 4 is 11.3 Å². The molecule has 3 N–H and O–H groups in total. The van der Waals surface area contributed by atoms with Crippen LogP contribution in [0.3, 0.4) is 0 Å². The summed E-state index contributed by atoms with van der Waals surface area (Å²) in [5, 5.41) is 9.70. The van der Waals surface area contributed by atoms with Crippen LogP contribution in [0.4, 0.5) is 0 Å². The Labute approximate surface area is 98.5 Å². The van der Waals surface area contributed by atoms with Crippen molar-refractivity contribution in [3.8, 4) is 0 Å². The highest BCUT2D eigenvalue weighted by atomic mass is 32.1. The van der Waals surface area contributed by atoms with Crippen molar-refractivity contribution in [2.24, 2.45) is 5.84 Å². The van der Waals surface area contributed by atoms with Crippen LogP contribution in [0.25, 0.3) is 0 Å². The summed E-state index contributed by atoms with van der Waals surface area (Å²) in [6.45, 7) is 0. The molecule has 1 unspecified atom stereocenters. The summed E-state index contributed by atoms with van der Waals surface area (Å²) < 4.78 is 0. The number of nitrogens with two attached hydrogens (primary N) is 1. The lowest BCUT2D eigenvalue weighted by atomic mass is 10.0. The van der Waals surface area contributed by atoms with E-state index in [-0.39, 0.29) is 6.04 Å². The minimum Gasteiger partial charge on any atom is -0.271 e. The molecular weight excluding hydrogens is 220 g/mol. The number of aromatic nitrogens is 2. The molecule has 0 aliphatic carbocycles. The van der Waals surface area contributed by atoms with E-state index in [0.29, 0.717) is 0 Å². The molecule has 16 heavy (non-hydrogen) atoms. The van der Waals surface area contributed by atoms with Crippen molar-refractivity contribution < 1.29 is 0 Å². The molecule has 2 aromatic heterocycles. The van der Waals surface area contributed by atoms with Crippen molar-refractivity contribution in [2.45, 2.75) is 18.9 Å². The minimum atomic E-state index is 0.137. The van der Waals surface area contributed by atoms with Crippen LogP contribution in [0.5, 0.6) is 0 Å². The first kappa shape index (κ1) is 11.2. The third-order valence-corrected chi connectivity index (χ3v) is 3.41. The standard InChI is InChI=1S/C11H14N4S/c12-15-11(9-5-6-13-14-8-9)4-3-10-2-1-7-16-10/h1-2,5-8,11,15H,3-4,12H2. The molecule has 84 valence electrons. The lowest BCUT2D eigenvalue weighted by Crippen LogP contribution is -2.28. The second kappa shape index (κ2) is 5.69. The molecule has 2 rings (SSSR count). The summed E-state index contributed by atoms with van der Waals surface area (Å²) in [7, 11) is 0. The number of hydrogen-bond donors (Lipinski definition) is 2. The molecule has 0 spiro atoms. The Kier molecular flexibility index (Phi) is 3.98. The maximum absolute atomic E-state index is 5.55. The summed E-state index contributed by atoms with van der Waals surface area (Å²) >= 11 is 1.77. The van der Waals surface area contributed by atoms with Gasteiger partial charge in [0.25, 0.3) is 0 Å². The normalized spacial score (nSPS) is 12.6. The lowest BCUT2D eigenvalue weighted by Gasteiger charge is -2.14. The number of aryl methyl sites for hydroxylation is 1. The van der Waals surface area contributed by atoms with Gasteiger partial charge in [-0.1, -0.05) is 6.07 Å². The van der Waals surface area contributed by atoms with Crippen molar-refractivity contribution in [3.05, 3.63) is 46.4 Å². The highest BCUT2D eigenvalue weighted by Gasteiger charge is 2.09. The van der Waals surface area contributed by atoms with Crippen LogP contribution < -0.4 is 11.3 Å². The Morgan fingerprint density at radius 1 is 1.38 bits per heavy atom. The van der Waals surface area contributed by atoms with Crippen LogP contribution in [0.15, 0.2) is 36.0 Å². The van der Waals surface area contributed by atoms with Gasteiger partial charge in [-0.2, -0.15) is 10.2 Å². The maximum atomic E-state index is 5.55. The van der Waals surface area contributed by atoms with Gasteiger partial charge >= 0.3 is 0 Å². The van der Waals surface area contributed by atoms with E-state index in [2.05, 4.69) is 33.1 Å². The SMILES string of the molecule is NNC(CCc1cccs1)c1ccnnc1. The molecule has 1 atom stereocenters. The Hall–Kier alpha value is -1.30. The fraction of sp³-hybridized carbons (Fsp3) is 0.273. The van der Waals surface area contributed by atoms with Gasteiger partial charge in [-0.3, -0.25) is 11.3 Å². The van der Waals surface area contributed by atoms with Crippen molar-refractivity contribution in [1.29, 1.82) is 0 Å². The largest absolute Gasteiger partial charge is 0.271 e. The summed E-state index contributed by atoms with van der Waals surface area (Å²) in [4.78, 5) is 1.38. The molecular formula is C11H14N4S. The molecule has 0 saturated carbocycles. The Morgan fingerprint density at radius 3 is 2.94 bits per heavy atom. The number of thiophene rings is 1. The van der Waals surface area contributed by atoms with Gasteiger partial charge in [0, 0.05) is 17.1 Å². The third-order valence-electron chi connectivity index (χ3n) is 2.47. The molecule has 5 heteroatoms. The van der Waals surface area contributed by atoms with Crippen LogP contribution >= 0.6 is 11.3 Å². The van der Waals surface area contributed by atoms with Gasteiger partial charge in [-0.15, -0.1) is 11.3 Å². The van der Waals surface area contributed by atoms with E-state index in [0.717, 1.165) is 18.4 Å². The van der Waals surface area contributed by atoms with Crippen LogP contribution in [0.2, 0.25) is 0 Å². The number of rotatable bonds is 5. The van der Waals surface area contributed by atoms with Crippen molar-refractivity contribution in [1.82, 2.24) is 15.6 Å². The third kappa shape index (κ3) is 2.85. The number of hydrogen-bond acceptors (Lipinski definition) is 5. The molecule has 4 nitrogen and oxygen atoms in total. The van der Waals surface area contributed by atoms with E-state index in [1.807, 2.05) is 6.07 Å². The zero-order chi connectivity index (χ0) is 11.2. The van der Waals surface area contributed by atoms with E-state index in [1.165, 1.54) is 4.88 Å². The quantitative estimate of drug-likeness (QED) is 0.610. The molecule has 0 fully saturated rings. The molecule has 0 bridgehead atoms. The van der Waals surface area contributed by atoms with E-state index in [4.69, 9.17) is 5.84 Å². The van der Waals surface area contributed by atoms with Crippen molar-refractivity contribution in [3.63, 3.8) is 0 Å². The summed E-state index contributed by atoms with van der Waals surface area (Å²) in [5.41, 5.74) is 3.90. The van der Waals surface area contributed by atoms with Crippen LogP contribution in [0, 0.1) is 0 Å². The van der Waals surface area contributed by atoms with E-state index in [9.17, 15) is 0 Å². The Bertz CT molecular complexity index is 401. The smallest absolute Gasteiger partial charge is 0.0544 e. The van der Waals surface area contributed by atoms with Gasteiger partial charge in [-0.05, 0) is 35.9 Å². The molecule has 0 saturated heterocycles. The fourth-order valence-corrected chi connectivity index (χ4v) is 2.32. The van der Waals surface area contributed by atoms with Crippen LogP contribution in [0.1, 0.15) is 22.9 Å². The molecule has 0 radical (unpaired) electrons. The predicted molar refractivity (Wildman–Crippen MR) is 64.7 cm³/mol.